The van der Waals surface area contributed by atoms with Gasteiger partial charge in [0.2, 0.25) is 5.91 Å². The van der Waals surface area contributed by atoms with E-state index >= 15 is 0 Å². The topological polar surface area (TPSA) is 41.6 Å². The average Bonchev–Trinajstić information content (AvgIpc) is 2.34. The summed E-state index contributed by atoms with van der Waals surface area (Å²) in [5, 5.41) is 3.30. The van der Waals surface area contributed by atoms with E-state index in [4.69, 9.17) is 4.74 Å². The van der Waals surface area contributed by atoms with Gasteiger partial charge in [-0.3, -0.25) is 4.79 Å². The normalized spacial score (nSPS) is 19.4. The molecule has 0 aromatic carbocycles. The molecule has 108 valence electrons. The summed E-state index contributed by atoms with van der Waals surface area (Å²) in [5.74, 6) is 0.967. The fourth-order valence-corrected chi connectivity index (χ4v) is 2.25. The van der Waals surface area contributed by atoms with Crippen LogP contribution in [0.4, 0.5) is 0 Å². The minimum Gasteiger partial charge on any atom is -0.383 e. The highest BCUT2D eigenvalue weighted by molar-refractivity contribution is 5.85. The lowest BCUT2D eigenvalue weighted by Gasteiger charge is -2.30. The highest BCUT2D eigenvalue weighted by Gasteiger charge is 2.25. The van der Waals surface area contributed by atoms with Gasteiger partial charge in [0.1, 0.15) is 0 Å². The minimum absolute atomic E-state index is 0. The molecule has 1 fully saturated rings. The minimum atomic E-state index is 0. The van der Waals surface area contributed by atoms with Crippen molar-refractivity contribution >= 4 is 18.3 Å². The van der Waals surface area contributed by atoms with E-state index < -0.39 is 0 Å². The van der Waals surface area contributed by atoms with Crippen molar-refractivity contribution in [3.63, 3.8) is 0 Å². The van der Waals surface area contributed by atoms with Crippen LogP contribution in [0, 0.1) is 11.8 Å². The van der Waals surface area contributed by atoms with Crippen molar-refractivity contribution in [3.05, 3.63) is 0 Å². The van der Waals surface area contributed by atoms with Gasteiger partial charge in [-0.15, -0.1) is 12.4 Å². The second-order valence-electron chi connectivity index (χ2n) is 5.21. The van der Waals surface area contributed by atoms with Crippen molar-refractivity contribution in [1.82, 2.24) is 10.2 Å². The summed E-state index contributed by atoms with van der Waals surface area (Å²) in [6.45, 7) is 8.34. The predicted molar refractivity (Wildman–Crippen MR) is 76.1 cm³/mol. The van der Waals surface area contributed by atoms with Crippen LogP contribution in [-0.4, -0.2) is 50.7 Å². The van der Waals surface area contributed by atoms with Crippen LogP contribution in [0.25, 0.3) is 0 Å². The molecule has 0 unspecified atom stereocenters. The summed E-state index contributed by atoms with van der Waals surface area (Å²) in [7, 11) is 1.68. The van der Waals surface area contributed by atoms with E-state index in [1.807, 2.05) is 4.90 Å². The Balaban J connectivity index is 0.00000289. The highest BCUT2D eigenvalue weighted by atomic mass is 35.5. The number of carbonyl (C=O) groups is 1. The molecule has 1 atom stereocenters. The third kappa shape index (κ3) is 6.03. The molecule has 18 heavy (non-hydrogen) atoms. The lowest BCUT2D eigenvalue weighted by molar-refractivity contribution is -0.137. The quantitative estimate of drug-likeness (QED) is 0.801. The molecule has 0 saturated carbocycles. The van der Waals surface area contributed by atoms with E-state index in [0.29, 0.717) is 25.0 Å². The molecule has 0 bridgehead atoms. The summed E-state index contributed by atoms with van der Waals surface area (Å²) in [4.78, 5) is 14.3. The molecule has 1 aliphatic rings. The third-order valence-corrected chi connectivity index (χ3v) is 3.11. The molecule has 0 spiro atoms. The van der Waals surface area contributed by atoms with Gasteiger partial charge in [0.15, 0.2) is 0 Å². The maximum atomic E-state index is 12.4. The number of rotatable bonds is 6. The molecule has 1 saturated heterocycles. The van der Waals surface area contributed by atoms with Gasteiger partial charge in [0, 0.05) is 26.7 Å². The average molecular weight is 279 g/mol. The second kappa shape index (κ2) is 9.59. The number of ether oxygens (including phenoxy) is 1. The van der Waals surface area contributed by atoms with Gasteiger partial charge in [-0.25, -0.2) is 0 Å². The number of carbonyl (C=O) groups excluding carboxylic acids is 1. The fraction of sp³-hybridized carbons (Fsp3) is 0.923. The molecule has 0 aromatic heterocycles. The van der Waals surface area contributed by atoms with Gasteiger partial charge in [-0.05, 0) is 25.3 Å². The van der Waals surface area contributed by atoms with Crippen molar-refractivity contribution in [2.75, 3.05) is 39.9 Å². The Hall–Kier alpha value is -0.320. The van der Waals surface area contributed by atoms with Gasteiger partial charge in [0.05, 0.1) is 12.5 Å². The monoisotopic (exact) mass is 278 g/mol. The summed E-state index contributed by atoms with van der Waals surface area (Å²) >= 11 is 0. The van der Waals surface area contributed by atoms with Crippen molar-refractivity contribution < 1.29 is 9.53 Å². The number of amides is 1. The highest BCUT2D eigenvalue weighted by Crippen LogP contribution is 2.14. The van der Waals surface area contributed by atoms with Crippen molar-refractivity contribution in [2.45, 2.75) is 26.7 Å². The van der Waals surface area contributed by atoms with Crippen LogP contribution >= 0.6 is 12.4 Å². The lowest BCUT2D eigenvalue weighted by atomic mass is 9.97. The second-order valence-corrected chi connectivity index (χ2v) is 5.21. The molecule has 0 aromatic rings. The Kier molecular flexibility index (Phi) is 9.42. The van der Waals surface area contributed by atoms with Gasteiger partial charge in [-0.2, -0.15) is 0 Å². The van der Waals surface area contributed by atoms with Gasteiger partial charge in [-0.1, -0.05) is 13.8 Å². The summed E-state index contributed by atoms with van der Waals surface area (Å²) in [6.07, 6.45) is 2.13. The number of hydrogen-bond acceptors (Lipinski definition) is 3. The predicted octanol–water partition coefficient (Wildman–Crippen LogP) is 1.54. The number of nitrogens with one attached hydrogen (secondary N) is 1. The summed E-state index contributed by atoms with van der Waals surface area (Å²) < 4.78 is 5.08. The van der Waals surface area contributed by atoms with E-state index in [9.17, 15) is 4.79 Å². The van der Waals surface area contributed by atoms with Crippen LogP contribution in [-0.2, 0) is 9.53 Å². The van der Waals surface area contributed by atoms with E-state index in [1.165, 1.54) is 0 Å². The van der Waals surface area contributed by atoms with Gasteiger partial charge in [0.25, 0.3) is 0 Å². The zero-order chi connectivity index (χ0) is 12.7. The van der Waals surface area contributed by atoms with Crippen LogP contribution in [0.3, 0.4) is 0 Å². The number of nitrogens with zero attached hydrogens (tertiary/aromatic N) is 1. The van der Waals surface area contributed by atoms with Crippen LogP contribution < -0.4 is 5.32 Å². The van der Waals surface area contributed by atoms with Crippen LogP contribution in [0.1, 0.15) is 26.7 Å². The molecule has 5 heteroatoms. The molecule has 1 rings (SSSR count). The molecule has 4 nitrogen and oxygen atoms in total. The standard InChI is InChI=1S/C13H26N2O2.ClH/c1-11(2)10-15(7-8-17-3)13(16)12-5-4-6-14-9-12;/h11-12,14H,4-10H2,1-3H3;1H/t12-;/m1./s1. The molecule has 1 heterocycles. The van der Waals surface area contributed by atoms with Crippen LogP contribution in [0.5, 0.6) is 0 Å². The third-order valence-electron chi connectivity index (χ3n) is 3.11. The summed E-state index contributed by atoms with van der Waals surface area (Å²) in [5.41, 5.74) is 0. The maximum Gasteiger partial charge on any atom is 0.227 e. The van der Waals surface area contributed by atoms with E-state index in [1.54, 1.807) is 7.11 Å². The van der Waals surface area contributed by atoms with Gasteiger partial charge < -0.3 is 15.0 Å². The van der Waals surface area contributed by atoms with Crippen LogP contribution in [0.15, 0.2) is 0 Å². The van der Waals surface area contributed by atoms with Crippen molar-refractivity contribution in [2.24, 2.45) is 11.8 Å². The van der Waals surface area contributed by atoms with Crippen molar-refractivity contribution in [3.8, 4) is 0 Å². The van der Waals surface area contributed by atoms with Crippen molar-refractivity contribution in [1.29, 1.82) is 0 Å². The van der Waals surface area contributed by atoms with Crippen LogP contribution in [0.2, 0.25) is 0 Å². The number of methoxy groups -OCH3 is 1. The Bertz CT molecular complexity index is 231. The molecule has 0 aliphatic carbocycles. The first kappa shape index (κ1) is 17.7. The maximum absolute atomic E-state index is 12.4. The number of piperidine rings is 1. The molecule has 1 amide bonds. The van der Waals surface area contributed by atoms with E-state index in [2.05, 4.69) is 19.2 Å². The first-order valence-corrected chi connectivity index (χ1v) is 6.63. The zero-order valence-corrected chi connectivity index (χ0v) is 12.6. The zero-order valence-electron chi connectivity index (χ0n) is 11.8. The first-order valence-electron chi connectivity index (χ1n) is 6.63. The molecular weight excluding hydrogens is 252 g/mol. The SMILES string of the molecule is COCCN(CC(C)C)C(=O)[C@@H]1CCCNC1.Cl. The molecule has 1 N–H and O–H groups in total. The number of halogens is 1. The largest absolute Gasteiger partial charge is 0.383 e. The smallest absolute Gasteiger partial charge is 0.227 e. The van der Waals surface area contributed by atoms with E-state index in [-0.39, 0.29) is 18.3 Å². The Morgan fingerprint density at radius 3 is 2.72 bits per heavy atom. The van der Waals surface area contributed by atoms with E-state index in [0.717, 1.165) is 32.5 Å². The Labute approximate surface area is 117 Å². The van der Waals surface area contributed by atoms with Gasteiger partial charge >= 0.3 is 0 Å². The number of hydrogen-bond donors (Lipinski definition) is 1. The Morgan fingerprint density at radius 1 is 1.50 bits per heavy atom. The fourth-order valence-electron chi connectivity index (χ4n) is 2.25. The molecular formula is C13H27ClN2O2. The summed E-state index contributed by atoms with van der Waals surface area (Å²) in [6, 6.07) is 0. The Morgan fingerprint density at radius 2 is 2.22 bits per heavy atom. The lowest BCUT2D eigenvalue weighted by Crippen LogP contribution is -2.45. The molecule has 0 radical (unpaired) electrons. The molecule has 1 aliphatic heterocycles. The first-order chi connectivity index (χ1) is 8.15.